The van der Waals surface area contributed by atoms with Crippen molar-refractivity contribution in [3.63, 3.8) is 0 Å². The van der Waals surface area contributed by atoms with Crippen LogP contribution in [0.3, 0.4) is 0 Å². The minimum Gasteiger partial charge on any atom is -0.508 e. The fourth-order valence-corrected chi connectivity index (χ4v) is 13.5. The summed E-state index contributed by atoms with van der Waals surface area (Å²) in [5.74, 6) is 0.0960. The molecule has 0 amide bonds. The topological polar surface area (TPSA) is 137 Å². The molecule has 5 heterocycles. The molecule has 0 saturated carbocycles. The predicted molar refractivity (Wildman–Crippen MR) is 222 cm³/mol. The number of nitrogens with zero attached hydrogens (tertiary/aromatic N) is 4. The number of hydrogen-bond acceptors (Lipinski definition) is 11. The summed E-state index contributed by atoms with van der Waals surface area (Å²) in [6, 6.07) is 23.1. The highest BCUT2D eigenvalue weighted by atomic mass is 32.1. The summed E-state index contributed by atoms with van der Waals surface area (Å²) in [5, 5.41) is 1.48. The second kappa shape index (κ2) is 16.0. The second-order valence-corrected chi connectivity index (χ2v) is 21.0. The molecular formula is C43H48N4O8SSi. The van der Waals surface area contributed by atoms with Gasteiger partial charge in [0, 0.05) is 19.4 Å². The zero-order chi connectivity index (χ0) is 40.5. The molecular weight excluding hydrogens is 761 g/mol. The molecule has 14 heteroatoms. The molecule has 0 N–H and O–H groups in total. The molecule has 1 aliphatic rings. The van der Waals surface area contributed by atoms with Crippen molar-refractivity contribution in [1.82, 2.24) is 19.1 Å². The summed E-state index contributed by atoms with van der Waals surface area (Å²) in [7, 11) is -1.89. The van der Waals surface area contributed by atoms with Gasteiger partial charge in [-0.2, -0.15) is 0 Å². The van der Waals surface area contributed by atoms with E-state index in [-0.39, 0.29) is 18.0 Å². The molecule has 0 bridgehead atoms. The van der Waals surface area contributed by atoms with Crippen molar-refractivity contribution in [3.8, 4) is 16.5 Å². The molecule has 0 radical (unpaired) electrons. The Kier molecular flexibility index (Phi) is 11.2. The monoisotopic (exact) mass is 808 g/mol. The molecule has 2 aromatic carbocycles. The van der Waals surface area contributed by atoms with E-state index < -0.39 is 42.2 Å². The van der Waals surface area contributed by atoms with E-state index in [1.54, 1.807) is 46.2 Å². The fourth-order valence-electron chi connectivity index (χ4n) is 7.77. The summed E-state index contributed by atoms with van der Waals surface area (Å²) in [6.45, 7) is 12.2. The van der Waals surface area contributed by atoms with Gasteiger partial charge in [0.05, 0.1) is 36.2 Å². The highest BCUT2D eigenvalue weighted by Gasteiger charge is 2.55. The maximum atomic E-state index is 15.2. The van der Waals surface area contributed by atoms with Gasteiger partial charge in [0.15, 0.2) is 0 Å². The average molecular weight is 809 g/mol. The number of carbonyl (C=O) groups excluding carboxylic acids is 1. The van der Waals surface area contributed by atoms with Crippen LogP contribution in [-0.2, 0) is 30.8 Å². The number of carbonyl (C=O) groups is 1. The molecule has 1 saturated heterocycles. The highest BCUT2D eigenvalue weighted by molar-refractivity contribution is 7.22. The number of aryl methyl sites for hydroxylation is 1. The van der Waals surface area contributed by atoms with E-state index in [1.807, 2.05) is 60.7 Å². The Labute approximate surface area is 336 Å². The van der Waals surface area contributed by atoms with E-state index in [0.717, 1.165) is 14.9 Å². The summed E-state index contributed by atoms with van der Waals surface area (Å²) in [5.41, 5.74) is -2.05. The molecule has 4 aromatic heterocycles. The Balaban J connectivity index is 1.43. The maximum absolute atomic E-state index is 15.2. The van der Waals surface area contributed by atoms with Crippen molar-refractivity contribution in [1.29, 1.82) is 0 Å². The molecule has 1 unspecified atom stereocenters. The highest BCUT2D eigenvalue weighted by Crippen LogP contribution is 2.40. The van der Waals surface area contributed by atoms with Gasteiger partial charge in [-0.15, -0.1) is 11.3 Å². The van der Waals surface area contributed by atoms with E-state index in [4.69, 9.17) is 23.1 Å². The molecule has 0 spiro atoms. The summed E-state index contributed by atoms with van der Waals surface area (Å²) in [6.07, 6.45) is 4.98. The lowest BCUT2D eigenvalue weighted by molar-refractivity contribution is -0.144. The van der Waals surface area contributed by atoms with Gasteiger partial charge >= 0.3 is 20.0 Å². The third-order valence-corrected chi connectivity index (χ3v) is 17.0. The van der Waals surface area contributed by atoms with E-state index in [9.17, 15) is 4.79 Å². The summed E-state index contributed by atoms with van der Waals surface area (Å²) >= 11 is 1.22. The molecule has 6 aromatic rings. The Bertz CT molecular complexity index is 2430. The Morgan fingerprint density at radius 2 is 1.58 bits per heavy atom. The first-order valence-electron chi connectivity index (χ1n) is 19.1. The summed E-state index contributed by atoms with van der Waals surface area (Å²) < 4.78 is 33.3. The van der Waals surface area contributed by atoms with E-state index >= 15 is 9.59 Å². The molecule has 0 aliphatic carbocycles. The number of hydrogen-bond donors (Lipinski definition) is 0. The smallest absolute Gasteiger partial charge is 0.333 e. The standard InChI is InChI=1S/C43H48N4O8SSi/c1-28-34-38(48)47(43(5,6)40(49)55-57(42(2,3)4,30-15-10-8-11-16-30)31-17-12-9-13-18-31)41(50)46(39(34)56-36(28)37-45-23-26-53-37)27-33(54-29-20-24-52-25-21-29)35-32(51-7)19-14-22-44-35/h8-19,22-23,26,29,33H,20-21,24-25,27H2,1-7H3. The lowest BCUT2D eigenvalue weighted by Gasteiger charge is -2.43. The first-order chi connectivity index (χ1) is 27.3. The number of rotatable bonds is 12. The van der Waals surface area contributed by atoms with Crippen LogP contribution in [0.1, 0.15) is 64.8 Å². The normalized spacial score (nSPS) is 14.8. The van der Waals surface area contributed by atoms with E-state index in [2.05, 4.69) is 30.7 Å². The number of fused-ring (bicyclic) bond motifs is 1. The molecule has 12 nitrogen and oxygen atoms in total. The number of aromatic nitrogens is 4. The van der Waals surface area contributed by atoms with Crippen LogP contribution in [0.15, 0.2) is 105 Å². The Hall–Kier alpha value is -5.15. The van der Waals surface area contributed by atoms with Crippen LogP contribution < -0.4 is 26.4 Å². The molecule has 1 aliphatic heterocycles. The molecule has 57 heavy (non-hydrogen) atoms. The van der Waals surface area contributed by atoms with Crippen molar-refractivity contribution in [2.24, 2.45) is 0 Å². The number of pyridine rings is 1. The second-order valence-electron chi connectivity index (χ2n) is 15.7. The maximum Gasteiger partial charge on any atom is 0.333 e. The van der Waals surface area contributed by atoms with Gasteiger partial charge in [-0.05, 0) is 66.7 Å². The third kappa shape index (κ3) is 7.31. The van der Waals surface area contributed by atoms with Gasteiger partial charge in [-0.1, -0.05) is 81.4 Å². The zero-order valence-electron chi connectivity index (χ0n) is 33.3. The Morgan fingerprint density at radius 3 is 2.16 bits per heavy atom. The fraction of sp³-hybridized carbons (Fsp3) is 0.372. The predicted octanol–water partition coefficient (Wildman–Crippen LogP) is 6.37. The van der Waals surface area contributed by atoms with Crippen molar-refractivity contribution in [2.45, 2.75) is 83.7 Å². The van der Waals surface area contributed by atoms with Crippen molar-refractivity contribution >= 4 is 46.2 Å². The van der Waals surface area contributed by atoms with E-state index in [1.165, 1.54) is 28.4 Å². The van der Waals surface area contributed by atoms with Crippen LogP contribution in [0, 0.1) is 6.92 Å². The van der Waals surface area contributed by atoms with Gasteiger partial charge in [-0.3, -0.25) is 19.1 Å². The molecule has 1 fully saturated rings. The lowest BCUT2D eigenvalue weighted by atomic mass is 10.1. The van der Waals surface area contributed by atoms with Crippen molar-refractivity contribution in [3.05, 3.63) is 124 Å². The van der Waals surface area contributed by atoms with Crippen LogP contribution in [0.4, 0.5) is 0 Å². The van der Waals surface area contributed by atoms with Crippen LogP contribution in [0.2, 0.25) is 5.04 Å². The van der Waals surface area contributed by atoms with Crippen LogP contribution >= 0.6 is 11.3 Å². The quantitative estimate of drug-likeness (QED) is 0.128. The largest absolute Gasteiger partial charge is 0.508 e. The molecule has 1 atom stereocenters. The first kappa shape index (κ1) is 40.1. The SMILES string of the molecule is COc1cccnc1C(Cn1c(=O)n(C(C)(C)C(=O)O[Si](c2ccccc2)(c2ccccc2)C(C)(C)C)c(=O)c2c(C)c(-c3ncco3)sc21)OC1CCOCC1. The number of benzene rings is 2. The van der Waals surface area contributed by atoms with Crippen LogP contribution in [0.25, 0.3) is 21.0 Å². The Morgan fingerprint density at radius 1 is 0.930 bits per heavy atom. The lowest BCUT2D eigenvalue weighted by Crippen LogP contribution is -2.69. The zero-order valence-corrected chi connectivity index (χ0v) is 35.1. The van der Waals surface area contributed by atoms with Crippen LogP contribution in [0.5, 0.6) is 5.75 Å². The van der Waals surface area contributed by atoms with Gasteiger partial charge in [0.1, 0.15) is 34.2 Å². The third-order valence-electron chi connectivity index (χ3n) is 10.8. The number of ether oxygens (including phenoxy) is 3. The van der Waals surface area contributed by atoms with E-state index in [0.29, 0.717) is 58.7 Å². The number of methoxy groups -OCH3 is 1. The van der Waals surface area contributed by atoms with Crippen molar-refractivity contribution in [2.75, 3.05) is 20.3 Å². The van der Waals surface area contributed by atoms with Gasteiger partial charge in [0.2, 0.25) is 5.89 Å². The minimum atomic E-state index is -3.45. The van der Waals surface area contributed by atoms with Gasteiger partial charge < -0.3 is 23.1 Å². The van der Waals surface area contributed by atoms with Crippen molar-refractivity contribution < 1.29 is 27.8 Å². The van der Waals surface area contributed by atoms with Gasteiger partial charge in [0.25, 0.3) is 5.56 Å². The summed E-state index contributed by atoms with van der Waals surface area (Å²) in [4.78, 5) is 55.3. The first-order valence-corrected chi connectivity index (χ1v) is 21.8. The molecule has 7 rings (SSSR count). The molecule has 298 valence electrons. The average Bonchev–Trinajstić information content (AvgIpc) is 3.87. The number of thiophene rings is 1. The minimum absolute atomic E-state index is 0.0504. The van der Waals surface area contributed by atoms with Gasteiger partial charge in [-0.25, -0.2) is 14.3 Å². The van der Waals surface area contributed by atoms with Crippen LogP contribution in [-0.4, -0.2) is 59.8 Å². The number of oxazole rings is 1.